The number of phenolic OH excluding ortho intramolecular Hbond substituents is 1. The van der Waals surface area contributed by atoms with Crippen LogP contribution < -0.4 is 15.6 Å². The molecule has 0 aromatic heterocycles. The van der Waals surface area contributed by atoms with Crippen LogP contribution in [0.3, 0.4) is 0 Å². The summed E-state index contributed by atoms with van der Waals surface area (Å²) < 4.78 is 5.30. The van der Waals surface area contributed by atoms with E-state index in [1.807, 2.05) is 43.0 Å². The van der Waals surface area contributed by atoms with Crippen molar-refractivity contribution < 1.29 is 14.6 Å². The van der Waals surface area contributed by atoms with Crippen LogP contribution in [0.1, 0.15) is 66.2 Å². The van der Waals surface area contributed by atoms with Gasteiger partial charge in [0.2, 0.25) is 5.91 Å². The standard InChI is InChI=1S/C32H39N3O3/c1-19-17-20(2)30(36)25(18-19)27-26-28(34-33-27)31(37)35(16-15-21-7-13-24(38-6)14-8-21)29(26)22-9-11-23(12-10-22)32(3,4)5/h7-14,17-18,26-29,33-34,36H,15-16H2,1-6H3. The van der Waals surface area contributed by atoms with Gasteiger partial charge in [-0.25, -0.2) is 10.9 Å². The van der Waals surface area contributed by atoms with Gasteiger partial charge in [0.25, 0.3) is 0 Å². The third-order valence-corrected chi connectivity index (χ3v) is 8.14. The molecule has 0 radical (unpaired) electrons. The topological polar surface area (TPSA) is 73.8 Å². The SMILES string of the molecule is COc1ccc(CCN2C(=O)C3NNC(c4cc(C)cc(C)c4O)C3C2c2ccc(C(C)(C)C)cc2)cc1. The van der Waals surface area contributed by atoms with Crippen LogP contribution in [-0.2, 0) is 16.6 Å². The molecule has 6 nitrogen and oxygen atoms in total. The summed E-state index contributed by atoms with van der Waals surface area (Å²) in [5.41, 5.74) is 13.0. The lowest BCUT2D eigenvalue weighted by Crippen LogP contribution is -2.42. The number of benzene rings is 3. The van der Waals surface area contributed by atoms with E-state index in [1.54, 1.807) is 7.11 Å². The molecule has 3 N–H and O–H groups in total. The van der Waals surface area contributed by atoms with Gasteiger partial charge in [-0.2, -0.15) is 0 Å². The number of carbonyl (C=O) groups excluding carboxylic acids is 1. The van der Waals surface area contributed by atoms with Crippen molar-refractivity contribution in [3.63, 3.8) is 0 Å². The first-order chi connectivity index (χ1) is 18.1. The highest BCUT2D eigenvalue weighted by Crippen LogP contribution is 2.49. The predicted octanol–water partition coefficient (Wildman–Crippen LogP) is 5.28. The molecule has 2 aliphatic heterocycles. The van der Waals surface area contributed by atoms with Crippen molar-refractivity contribution in [2.24, 2.45) is 5.92 Å². The molecule has 4 unspecified atom stereocenters. The smallest absolute Gasteiger partial charge is 0.242 e. The number of fused-ring (bicyclic) bond motifs is 1. The van der Waals surface area contributed by atoms with Crippen LogP contribution >= 0.6 is 0 Å². The molecule has 3 aromatic rings. The number of methoxy groups -OCH3 is 1. The summed E-state index contributed by atoms with van der Waals surface area (Å²) in [5, 5.41) is 11.0. The minimum Gasteiger partial charge on any atom is -0.507 e. The highest BCUT2D eigenvalue weighted by molar-refractivity contribution is 5.86. The van der Waals surface area contributed by atoms with Gasteiger partial charge in [-0.05, 0) is 60.1 Å². The monoisotopic (exact) mass is 513 g/mol. The Hall–Kier alpha value is -3.35. The number of hydrogen-bond acceptors (Lipinski definition) is 5. The first-order valence-electron chi connectivity index (χ1n) is 13.4. The van der Waals surface area contributed by atoms with E-state index in [0.717, 1.165) is 40.0 Å². The average Bonchev–Trinajstić information content (AvgIpc) is 3.43. The Balaban J connectivity index is 1.52. The van der Waals surface area contributed by atoms with E-state index in [-0.39, 0.29) is 35.4 Å². The Bertz CT molecular complexity index is 1310. The van der Waals surface area contributed by atoms with E-state index >= 15 is 0 Å². The Morgan fingerprint density at radius 1 is 0.947 bits per heavy atom. The maximum atomic E-state index is 13.9. The molecule has 2 heterocycles. The molecule has 38 heavy (non-hydrogen) atoms. The highest BCUT2D eigenvalue weighted by atomic mass is 16.5. The van der Waals surface area contributed by atoms with E-state index in [2.05, 4.69) is 68.0 Å². The van der Waals surface area contributed by atoms with E-state index in [0.29, 0.717) is 12.3 Å². The molecule has 2 saturated heterocycles. The number of nitrogens with one attached hydrogen (secondary N) is 2. The summed E-state index contributed by atoms with van der Waals surface area (Å²) in [7, 11) is 1.66. The Labute approximate surface area is 226 Å². The second-order valence-corrected chi connectivity index (χ2v) is 11.8. The van der Waals surface area contributed by atoms with Crippen LogP contribution in [0.2, 0.25) is 0 Å². The van der Waals surface area contributed by atoms with Gasteiger partial charge in [0.05, 0.1) is 19.2 Å². The quantitative estimate of drug-likeness (QED) is 0.419. The lowest BCUT2D eigenvalue weighted by molar-refractivity contribution is -0.130. The zero-order valence-corrected chi connectivity index (χ0v) is 23.2. The molecule has 5 rings (SSSR count). The molecule has 2 aliphatic rings. The highest BCUT2D eigenvalue weighted by Gasteiger charge is 2.55. The summed E-state index contributed by atoms with van der Waals surface area (Å²) in [6, 6.07) is 20.1. The van der Waals surface area contributed by atoms with E-state index in [4.69, 9.17) is 4.74 Å². The first kappa shape index (κ1) is 26.3. The molecule has 0 spiro atoms. The van der Waals surface area contributed by atoms with E-state index in [9.17, 15) is 9.90 Å². The maximum Gasteiger partial charge on any atom is 0.242 e. The number of aromatic hydroxyl groups is 1. The molecular formula is C32H39N3O3. The van der Waals surface area contributed by atoms with Crippen LogP contribution in [0.4, 0.5) is 0 Å². The number of rotatable bonds is 6. The zero-order valence-electron chi connectivity index (χ0n) is 23.2. The number of amides is 1. The number of hydrogen-bond donors (Lipinski definition) is 3. The predicted molar refractivity (Wildman–Crippen MR) is 150 cm³/mol. The Kier molecular flexibility index (Phi) is 6.97. The zero-order chi connectivity index (χ0) is 27.2. The fraction of sp³-hybridized carbons (Fsp3) is 0.406. The summed E-state index contributed by atoms with van der Waals surface area (Å²) >= 11 is 0. The van der Waals surface area contributed by atoms with Crippen molar-refractivity contribution in [1.29, 1.82) is 0 Å². The van der Waals surface area contributed by atoms with Crippen molar-refractivity contribution in [2.75, 3.05) is 13.7 Å². The average molecular weight is 514 g/mol. The fourth-order valence-electron chi connectivity index (χ4n) is 6.07. The van der Waals surface area contributed by atoms with Crippen molar-refractivity contribution >= 4 is 5.91 Å². The van der Waals surface area contributed by atoms with Gasteiger partial charge in [0, 0.05) is 18.0 Å². The summed E-state index contributed by atoms with van der Waals surface area (Å²) in [6.45, 7) is 11.2. The Morgan fingerprint density at radius 2 is 1.61 bits per heavy atom. The number of hydrazine groups is 1. The summed E-state index contributed by atoms with van der Waals surface area (Å²) in [5.74, 6) is 1.13. The van der Waals surface area contributed by atoms with Gasteiger partial charge < -0.3 is 14.7 Å². The van der Waals surface area contributed by atoms with Crippen LogP contribution in [0.15, 0.2) is 60.7 Å². The van der Waals surface area contributed by atoms with Crippen molar-refractivity contribution in [3.8, 4) is 11.5 Å². The third-order valence-electron chi connectivity index (χ3n) is 8.14. The van der Waals surface area contributed by atoms with E-state index < -0.39 is 0 Å². The van der Waals surface area contributed by atoms with Crippen LogP contribution in [-0.4, -0.2) is 35.6 Å². The number of aryl methyl sites for hydroxylation is 2. The second-order valence-electron chi connectivity index (χ2n) is 11.8. The Morgan fingerprint density at radius 3 is 2.24 bits per heavy atom. The summed E-state index contributed by atoms with van der Waals surface area (Å²) in [4.78, 5) is 15.9. The summed E-state index contributed by atoms with van der Waals surface area (Å²) in [6.07, 6.45) is 0.749. The molecule has 6 heteroatoms. The third kappa shape index (κ3) is 4.79. The largest absolute Gasteiger partial charge is 0.507 e. The first-order valence-corrected chi connectivity index (χ1v) is 13.4. The van der Waals surface area contributed by atoms with Gasteiger partial charge in [0.1, 0.15) is 17.5 Å². The number of likely N-dealkylation sites (tertiary alicyclic amines) is 1. The minimum atomic E-state index is -0.372. The molecule has 2 fully saturated rings. The number of phenols is 1. The van der Waals surface area contributed by atoms with Gasteiger partial charge >= 0.3 is 0 Å². The molecule has 0 aliphatic carbocycles. The fourth-order valence-corrected chi connectivity index (χ4v) is 6.07. The van der Waals surface area contributed by atoms with Gasteiger partial charge in [-0.3, -0.25) is 4.79 Å². The molecule has 200 valence electrons. The van der Waals surface area contributed by atoms with Crippen LogP contribution in [0, 0.1) is 19.8 Å². The van der Waals surface area contributed by atoms with Crippen molar-refractivity contribution in [3.05, 3.63) is 94.0 Å². The van der Waals surface area contributed by atoms with Gasteiger partial charge in [-0.15, -0.1) is 0 Å². The number of ether oxygens (including phenoxy) is 1. The second kappa shape index (κ2) is 10.1. The molecular weight excluding hydrogens is 474 g/mol. The van der Waals surface area contributed by atoms with E-state index in [1.165, 1.54) is 5.56 Å². The molecule has 3 aromatic carbocycles. The molecule has 1 amide bonds. The normalized spacial score (nSPS) is 23.1. The maximum absolute atomic E-state index is 13.9. The van der Waals surface area contributed by atoms with Crippen LogP contribution in [0.5, 0.6) is 11.5 Å². The lowest BCUT2D eigenvalue weighted by atomic mass is 9.81. The van der Waals surface area contributed by atoms with Crippen molar-refractivity contribution in [2.45, 2.75) is 64.6 Å². The van der Waals surface area contributed by atoms with Gasteiger partial charge in [0.15, 0.2) is 0 Å². The van der Waals surface area contributed by atoms with Crippen molar-refractivity contribution in [1.82, 2.24) is 15.8 Å². The number of nitrogens with zero attached hydrogens (tertiary/aromatic N) is 1. The molecule has 4 atom stereocenters. The van der Waals surface area contributed by atoms with Crippen LogP contribution in [0.25, 0.3) is 0 Å². The molecule has 0 saturated carbocycles. The molecule has 0 bridgehead atoms. The van der Waals surface area contributed by atoms with Gasteiger partial charge in [-0.1, -0.05) is 74.9 Å². The minimum absolute atomic E-state index is 0.0461. The lowest BCUT2D eigenvalue weighted by Gasteiger charge is -2.32. The number of carbonyl (C=O) groups is 1.